The van der Waals surface area contributed by atoms with E-state index >= 15 is 0 Å². The molecule has 2 rings (SSSR count). The van der Waals surface area contributed by atoms with E-state index in [4.69, 9.17) is 10.5 Å². The molecule has 0 aromatic heterocycles. The van der Waals surface area contributed by atoms with E-state index in [1.165, 1.54) is 0 Å². The van der Waals surface area contributed by atoms with Gasteiger partial charge >= 0.3 is 0 Å². The van der Waals surface area contributed by atoms with Crippen LogP contribution in [0.2, 0.25) is 0 Å². The molecular weight excluding hydrogens is 252 g/mol. The quantitative estimate of drug-likeness (QED) is 0.827. The molecule has 1 saturated carbocycles. The number of ether oxygens (including phenoxy) is 1. The first-order valence-electron chi connectivity index (χ1n) is 6.66. The van der Waals surface area contributed by atoms with Crippen LogP contribution in [0, 0.1) is 23.2 Å². The Morgan fingerprint density at radius 3 is 2.80 bits per heavy atom. The lowest BCUT2D eigenvalue weighted by molar-refractivity contribution is -0.118. The van der Waals surface area contributed by atoms with Crippen molar-refractivity contribution in [1.29, 1.82) is 0 Å². The maximum atomic E-state index is 12.2. The molecule has 0 radical (unpaired) electrons. The van der Waals surface area contributed by atoms with E-state index in [9.17, 15) is 4.79 Å². The first-order valence-corrected chi connectivity index (χ1v) is 6.66. The van der Waals surface area contributed by atoms with Crippen molar-refractivity contribution in [3.8, 4) is 17.6 Å². The molecule has 0 heterocycles. The average Bonchev–Trinajstić information content (AvgIpc) is 3.06. The van der Waals surface area contributed by atoms with Crippen LogP contribution in [0.25, 0.3) is 0 Å². The van der Waals surface area contributed by atoms with Gasteiger partial charge < -0.3 is 15.8 Å². The van der Waals surface area contributed by atoms with Gasteiger partial charge in [0.1, 0.15) is 5.75 Å². The molecule has 1 aromatic carbocycles. The molecule has 106 valence electrons. The van der Waals surface area contributed by atoms with Crippen LogP contribution in [0.1, 0.15) is 25.8 Å². The number of hydrogen-bond donors (Lipinski definition) is 2. The Bertz CT molecular complexity index is 582. The standard InChI is InChI=1S/C16H20N2O2/c1-16(2)10-12(16)15(19)18-13-9-11(5-4-8-17)6-7-14(13)20-3/h6-7,9,12H,8,10,17H2,1-3H3,(H,18,19). The molecule has 0 bridgehead atoms. The Hall–Kier alpha value is -1.99. The molecule has 4 heteroatoms. The first-order chi connectivity index (χ1) is 9.47. The summed E-state index contributed by atoms with van der Waals surface area (Å²) in [7, 11) is 1.58. The van der Waals surface area contributed by atoms with Crippen molar-refractivity contribution >= 4 is 11.6 Å². The fourth-order valence-electron chi connectivity index (χ4n) is 2.17. The molecular formula is C16H20N2O2. The third-order valence-corrected chi connectivity index (χ3v) is 3.62. The summed E-state index contributed by atoms with van der Waals surface area (Å²) >= 11 is 0. The smallest absolute Gasteiger partial charge is 0.228 e. The summed E-state index contributed by atoms with van der Waals surface area (Å²) in [6, 6.07) is 5.46. The van der Waals surface area contributed by atoms with Gasteiger partial charge in [-0.25, -0.2) is 0 Å². The largest absolute Gasteiger partial charge is 0.495 e. The molecule has 1 atom stereocenters. The van der Waals surface area contributed by atoms with Gasteiger partial charge in [-0.2, -0.15) is 0 Å². The number of benzene rings is 1. The average molecular weight is 272 g/mol. The maximum Gasteiger partial charge on any atom is 0.228 e. The van der Waals surface area contributed by atoms with Crippen molar-refractivity contribution in [2.24, 2.45) is 17.1 Å². The second-order valence-corrected chi connectivity index (χ2v) is 5.66. The summed E-state index contributed by atoms with van der Waals surface area (Å²) < 4.78 is 5.27. The van der Waals surface area contributed by atoms with Gasteiger partial charge in [0.25, 0.3) is 0 Å². The number of nitrogens with two attached hydrogens (primary N) is 1. The Morgan fingerprint density at radius 1 is 1.55 bits per heavy atom. The van der Waals surface area contributed by atoms with E-state index in [1.807, 2.05) is 12.1 Å². The zero-order chi connectivity index (χ0) is 14.8. The predicted octanol–water partition coefficient (Wildman–Crippen LogP) is 1.99. The molecule has 1 aromatic rings. The van der Waals surface area contributed by atoms with Crippen LogP contribution in [-0.4, -0.2) is 19.6 Å². The van der Waals surface area contributed by atoms with Gasteiger partial charge in [-0.1, -0.05) is 25.7 Å². The lowest BCUT2D eigenvalue weighted by Gasteiger charge is -2.11. The Balaban J connectivity index is 2.18. The van der Waals surface area contributed by atoms with Gasteiger partial charge in [-0.3, -0.25) is 4.79 Å². The second kappa shape index (κ2) is 5.56. The van der Waals surface area contributed by atoms with E-state index in [0.29, 0.717) is 18.0 Å². The van der Waals surface area contributed by atoms with Crippen LogP contribution < -0.4 is 15.8 Å². The highest BCUT2D eigenvalue weighted by Gasteiger charge is 2.50. The van der Waals surface area contributed by atoms with Gasteiger partial charge in [-0.05, 0) is 30.0 Å². The molecule has 0 aliphatic heterocycles. The van der Waals surface area contributed by atoms with Crippen molar-refractivity contribution in [1.82, 2.24) is 0 Å². The third-order valence-electron chi connectivity index (χ3n) is 3.62. The molecule has 3 N–H and O–H groups in total. The molecule has 20 heavy (non-hydrogen) atoms. The molecule has 0 spiro atoms. The summed E-state index contributed by atoms with van der Waals surface area (Å²) in [5.74, 6) is 6.49. The summed E-state index contributed by atoms with van der Waals surface area (Å²) in [6.45, 7) is 4.50. The van der Waals surface area contributed by atoms with Gasteiger partial charge in [0.15, 0.2) is 0 Å². The third kappa shape index (κ3) is 3.12. The summed E-state index contributed by atoms with van der Waals surface area (Å²) in [5, 5.41) is 2.93. The van der Waals surface area contributed by atoms with Crippen molar-refractivity contribution < 1.29 is 9.53 Å². The number of nitrogens with one attached hydrogen (secondary N) is 1. The first kappa shape index (κ1) is 14.4. The van der Waals surface area contributed by atoms with E-state index in [0.717, 1.165) is 12.0 Å². The van der Waals surface area contributed by atoms with Crippen LogP contribution in [0.4, 0.5) is 5.69 Å². The van der Waals surface area contributed by atoms with E-state index in [-0.39, 0.29) is 17.2 Å². The van der Waals surface area contributed by atoms with Crippen molar-refractivity contribution in [2.75, 3.05) is 19.0 Å². The molecule has 1 aliphatic rings. The number of rotatable bonds is 3. The normalized spacial score (nSPS) is 18.7. The lowest BCUT2D eigenvalue weighted by atomic mass is 10.1. The van der Waals surface area contributed by atoms with Gasteiger partial charge in [-0.15, -0.1) is 0 Å². The number of amides is 1. The number of carbonyl (C=O) groups is 1. The molecule has 4 nitrogen and oxygen atoms in total. The Labute approximate surface area is 119 Å². The fraction of sp³-hybridized carbons (Fsp3) is 0.438. The molecule has 1 unspecified atom stereocenters. The number of hydrogen-bond acceptors (Lipinski definition) is 3. The Morgan fingerprint density at radius 2 is 2.25 bits per heavy atom. The van der Waals surface area contributed by atoms with E-state index < -0.39 is 0 Å². The van der Waals surface area contributed by atoms with Crippen LogP contribution in [0.15, 0.2) is 18.2 Å². The number of anilines is 1. The van der Waals surface area contributed by atoms with Gasteiger partial charge in [0, 0.05) is 11.5 Å². The summed E-state index contributed by atoms with van der Waals surface area (Å²) in [6.07, 6.45) is 0.924. The van der Waals surface area contributed by atoms with Crippen LogP contribution in [0.5, 0.6) is 5.75 Å². The fourth-order valence-corrected chi connectivity index (χ4v) is 2.17. The second-order valence-electron chi connectivity index (χ2n) is 5.66. The van der Waals surface area contributed by atoms with Crippen molar-refractivity contribution in [3.05, 3.63) is 23.8 Å². The van der Waals surface area contributed by atoms with Crippen LogP contribution >= 0.6 is 0 Å². The minimum Gasteiger partial charge on any atom is -0.495 e. The zero-order valence-corrected chi connectivity index (χ0v) is 12.1. The number of carbonyl (C=O) groups excluding carboxylic acids is 1. The zero-order valence-electron chi connectivity index (χ0n) is 12.1. The highest BCUT2D eigenvalue weighted by atomic mass is 16.5. The van der Waals surface area contributed by atoms with Crippen molar-refractivity contribution in [2.45, 2.75) is 20.3 Å². The highest BCUT2D eigenvalue weighted by molar-refractivity contribution is 5.96. The summed E-state index contributed by atoms with van der Waals surface area (Å²) in [4.78, 5) is 12.2. The minimum absolute atomic E-state index is 0.0391. The molecule has 0 saturated heterocycles. The molecule has 1 amide bonds. The van der Waals surface area contributed by atoms with E-state index in [2.05, 4.69) is 31.0 Å². The number of methoxy groups -OCH3 is 1. The van der Waals surface area contributed by atoms with E-state index in [1.54, 1.807) is 13.2 Å². The molecule has 1 fully saturated rings. The van der Waals surface area contributed by atoms with Gasteiger partial charge in [0.2, 0.25) is 5.91 Å². The SMILES string of the molecule is COc1ccc(C#CCN)cc1NC(=O)C1CC1(C)C. The maximum absolute atomic E-state index is 12.2. The van der Waals surface area contributed by atoms with Gasteiger partial charge in [0.05, 0.1) is 19.3 Å². The van der Waals surface area contributed by atoms with Crippen LogP contribution in [0.3, 0.4) is 0 Å². The predicted molar refractivity (Wildman–Crippen MR) is 79.4 cm³/mol. The Kier molecular flexibility index (Phi) is 4.01. The topological polar surface area (TPSA) is 64.3 Å². The minimum atomic E-state index is 0.0391. The lowest BCUT2D eigenvalue weighted by Crippen LogP contribution is -2.17. The van der Waals surface area contributed by atoms with Crippen LogP contribution in [-0.2, 0) is 4.79 Å². The monoisotopic (exact) mass is 272 g/mol. The highest BCUT2D eigenvalue weighted by Crippen LogP contribution is 2.52. The summed E-state index contributed by atoms with van der Waals surface area (Å²) in [5.41, 5.74) is 6.93. The molecule has 1 aliphatic carbocycles. The van der Waals surface area contributed by atoms with Crippen molar-refractivity contribution in [3.63, 3.8) is 0 Å².